The minimum Gasteiger partial charge on any atom is -0.0837 e. The quantitative estimate of drug-likeness (QED) is 0.380. The molecule has 4 rings (SSSR count). The van der Waals surface area contributed by atoms with Gasteiger partial charge in [0, 0.05) is 10.6 Å². The number of halogens is 1. The maximum absolute atomic E-state index is 6.42. The Bertz CT molecular complexity index is 971. The lowest BCUT2D eigenvalue weighted by atomic mass is 9.92. The summed E-state index contributed by atoms with van der Waals surface area (Å²) in [6.07, 6.45) is 0. The summed E-state index contributed by atoms with van der Waals surface area (Å²) in [5, 5.41) is 3.25. The van der Waals surface area contributed by atoms with Crippen molar-refractivity contribution in [2.45, 2.75) is 0 Å². The molecule has 0 fully saturated rings. The molecule has 0 saturated carbocycles. The van der Waals surface area contributed by atoms with E-state index in [0.29, 0.717) is 0 Å². The first-order valence-electron chi connectivity index (χ1n) is 7.67. The smallest absolute Gasteiger partial charge is 0.0484 e. The molecule has 0 spiro atoms. The number of rotatable bonds is 2. The second kappa shape index (κ2) is 5.91. The Morgan fingerprint density at radius 2 is 1.00 bits per heavy atom. The summed E-state index contributed by atoms with van der Waals surface area (Å²) in [7, 11) is 0. The molecule has 0 atom stereocenters. The minimum absolute atomic E-state index is 0.783. The van der Waals surface area contributed by atoms with E-state index in [-0.39, 0.29) is 0 Å². The van der Waals surface area contributed by atoms with E-state index in [2.05, 4.69) is 66.7 Å². The first-order valence-corrected chi connectivity index (χ1v) is 8.04. The van der Waals surface area contributed by atoms with Crippen LogP contribution in [0, 0.1) is 0 Å². The summed E-state index contributed by atoms with van der Waals surface area (Å²) in [6, 6.07) is 31.4. The summed E-state index contributed by atoms with van der Waals surface area (Å²) in [5.74, 6) is 0. The van der Waals surface area contributed by atoms with Crippen LogP contribution in [0.5, 0.6) is 0 Å². The first-order chi connectivity index (χ1) is 11.3. The molecule has 110 valence electrons. The molecule has 4 aromatic carbocycles. The van der Waals surface area contributed by atoms with Crippen LogP contribution < -0.4 is 0 Å². The summed E-state index contributed by atoms with van der Waals surface area (Å²) >= 11 is 6.42. The molecule has 4 aromatic rings. The highest BCUT2D eigenvalue weighted by Gasteiger charge is 2.10. The van der Waals surface area contributed by atoms with Gasteiger partial charge in [0.25, 0.3) is 0 Å². The largest absolute Gasteiger partial charge is 0.0837 e. The third-order valence-corrected chi connectivity index (χ3v) is 4.50. The van der Waals surface area contributed by atoms with E-state index in [1.165, 1.54) is 27.5 Å². The number of benzene rings is 4. The lowest BCUT2D eigenvalue weighted by molar-refractivity contribution is 1.62. The Labute approximate surface area is 141 Å². The van der Waals surface area contributed by atoms with Crippen molar-refractivity contribution >= 4 is 22.4 Å². The van der Waals surface area contributed by atoms with Crippen molar-refractivity contribution in [3.8, 4) is 22.3 Å². The van der Waals surface area contributed by atoms with Gasteiger partial charge in [-0.15, -0.1) is 0 Å². The third kappa shape index (κ3) is 2.52. The molecule has 0 aliphatic heterocycles. The molecule has 0 radical (unpaired) electrons. The fourth-order valence-corrected chi connectivity index (χ4v) is 3.32. The second-order valence-electron chi connectivity index (χ2n) is 5.55. The normalized spacial score (nSPS) is 10.8. The van der Waals surface area contributed by atoms with E-state index in [9.17, 15) is 0 Å². The summed E-state index contributed by atoms with van der Waals surface area (Å²) < 4.78 is 0. The Morgan fingerprint density at radius 3 is 1.74 bits per heavy atom. The summed E-state index contributed by atoms with van der Waals surface area (Å²) in [6.45, 7) is 0. The van der Waals surface area contributed by atoms with Crippen LogP contribution in [0.1, 0.15) is 0 Å². The zero-order chi connectivity index (χ0) is 15.6. The van der Waals surface area contributed by atoms with E-state index < -0.39 is 0 Å². The van der Waals surface area contributed by atoms with Gasteiger partial charge in [0.1, 0.15) is 0 Å². The van der Waals surface area contributed by atoms with Gasteiger partial charge in [0.2, 0.25) is 0 Å². The van der Waals surface area contributed by atoms with E-state index in [1.54, 1.807) is 0 Å². The third-order valence-electron chi connectivity index (χ3n) is 4.17. The van der Waals surface area contributed by atoms with Gasteiger partial charge < -0.3 is 0 Å². The Morgan fingerprint density at radius 1 is 0.435 bits per heavy atom. The van der Waals surface area contributed by atoms with Crippen molar-refractivity contribution in [2.75, 3.05) is 0 Å². The molecule has 0 nitrogen and oxygen atoms in total. The molecule has 0 aliphatic rings. The number of fused-ring (bicyclic) bond motifs is 1. The van der Waals surface area contributed by atoms with E-state index in [4.69, 9.17) is 11.6 Å². The van der Waals surface area contributed by atoms with Gasteiger partial charge in [0.05, 0.1) is 0 Å². The van der Waals surface area contributed by atoms with Crippen LogP contribution in [0.15, 0.2) is 91.0 Å². The van der Waals surface area contributed by atoms with Crippen molar-refractivity contribution in [1.82, 2.24) is 0 Å². The van der Waals surface area contributed by atoms with E-state index in [0.717, 1.165) is 10.6 Å². The predicted octanol–water partition coefficient (Wildman–Crippen LogP) is 6.83. The Balaban J connectivity index is 2.02. The molecule has 0 aromatic heterocycles. The lowest BCUT2D eigenvalue weighted by Crippen LogP contribution is -1.86. The molecule has 0 aliphatic carbocycles. The molecule has 0 N–H and O–H groups in total. The Kier molecular flexibility index (Phi) is 3.61. The van der Waals surface area contributed by atoms with Gasteiger partial charge in [-0.3, -0.25) is 0 Å². The van der Waals surface area contributed by atoms with Gasteiger partial charge in [0.15, 0.2) is 0 Å². The molecule has 0 saturated heterocycles. The Hall–Kier alpha value is -2.57. The SMILES string of the molecule is Clc1ccccc1-c1ccc(-c2ccccc2)c2ccccc12. The van der Waals surface area contributed by atoms with Crippen LogP contribution in [-0.4, -0.2) is 0 Å². The van der Waals surface area contributed by atoms with E-state index >= 15 is 0 Å². The zero-order valence-electron chi connectivity index (χ0n) is 12.5. The maximum atomic E-state index is 6.42. The van der Waals surface area contributed by atoms with Crippen molar-refractivity contribution < 1.29 is 0 Å². The van der Waals surface area contributed by atoms with Crippen molar-refractivity contribution in [3.05, 3.63) is 96.0 Å². The first kappa shape index (κ1) is 14.0. The second-order valence-corrected chi connectivity index (χ2v) is 5.96. The monoisotopic (exact) mass is 314 g/mol. The average Bonchev–Trinajstić information content (AvgIpc) is 2.62. The highest BCUT2D eigenvalue weighted by molar-refractivity contribution is 6.33. The zero-order valence-corrected chi connectivity index (χ0v) is 13.3. The topological polar surface area (TPSA) is 0 Å². The molecule has 0 unspecified atom stereocenters. The fraction of sp³-hybridized carbons (Fsp3) is 0. The highest BCUT2D eigenvalue weighted by atomic mass is 35.5. The maximum Gasteiger partial charge on any atom is 0.0484 e. The van der Waals surface area contributed by atoms with Crippen molar-refractivity contribution in [3.63, 3.8) is 0 Å². The van der Waals surface area contributed by atoms with Crippen molar-refractivity contribution in [1.29, 1.82) is 0 Å². The minimum atomic E-state index is 0.783. The van der Waals surface area contributed by atoms with Gasteiger partial charge in [-0.1, -0.05) is 96.5 Å². The molecule has 1 heteroatoms. The fourth-order valence-electron chi connectivity index (χ4n) is 3.08. The average molecular weight is 315 g/mol. The van der Waals surface area contributed by atoms with Gasteiger partial charge in [-0.05, 0) is 33.5 Å². The van der Waals surface area contributed by atoms with Crippen LogP contribution in [-0.2, 0) is 0 Å². The van der Waals surface area contributed by atoms with Gasteiger partial charge in [-0.2, -0.15) is 0 Å². The molecule has 0 amide bonds. The van der Waals surface area contributed by atoms with Crippen molar-refractivity contribution in [2.24, 2.45) is 0 Å². The van der Waals surface area contributed by atoms with Crippen LogP contribution in [0.3, 0.4) is 0 Å². The number of hydrogen-bond donors (Lipinski definition) is 0. The molecule has 0 bridgehead atoms. The molecular formula is C22H15Cl. The van der Waals surface area contributed by atoms with Crippen LogP contribution >= 0.6 is 11.6 Å². The summed E-state index contributed by atoms with van der Waals surface area (Å²) in [5.41, 5.74) is 4.72. The lowest BCUT2D eigenvalue weighted by Gasteiger charge is -2.13. The van der Waals surface area contributed by atoms with Crippen LogP contribution in [0.25, 0.3) is 33.0 Å². The predicted molar refractivity (Wildman–Crippen MR) is 99.8 cm³/mol. The van der Waals surface area contributed by atoms with Crippen LogP contribution in [0.4, 0.5) is 0 Å². The molecular weight excluding hydrogens is 300 g/mol. The molecule has 23 heavy (non-hydrogen) atoms. The standard InChI is InChI=1S/C22H15Cl/c23-22-13-7-6-12-21(22)20-15-14-17(16-8-2-1-3-9-16)18-10-4-5-11-19(18)20/h1-15H. The highest BCUT2D eigenvalue weighted by Crippen LogP contribution is 2.37. The van der Waals surface area contributed by atoms with Gasteiger partial charge >= 0.3 is 0 Å². The van der Waals surface area contributed by atoms with Crippen LogP contribution in [0.2, 0.25) is 5.02 Å². The number of hydrogen-bond acceptors (Lipinski definition) is 0. The summed E-state index contributed by atoms with van der Waals surface area (Å²) in [4.78, 5) is 0. The van der Waals surface area contributed by atoms with E-state index in [1.807, 2.05) is 24.3 Å². The van der Waals surface area contributed by atoms with Gasteiger partial charge in [-0.25, -0.2) is 0 Å². The molecule has 0 heterocycles.